The number of hydrogen-bond acceptors (Lipinski definition) is 7. The quantitative estimate of drug-likeness (QED) is 0.248. The van der Waals surface area contributed by atoms with E-state index in [1.54, 1.807) is 24.4 Å². The van der Waals surface area contributed by atoms with Crippen molar-refractivity contribution >= 4 is 17.7 Å². The Morgan fingerprint density at radius 1 is 1.11 bits per heavy atom. The summed E-state index contributed by atoms with van der Waals surface area (Å²) in [6.07, 6.45) is 3.19. The molecular weight excluding hydrogens is 505 g/mol. The van der Waals surface area contributed by atoms with Crippen LogP contribution < -0.4 is 5.32 Å². The monoisotopic (exact) mass is 533 g/mol. The van der Waals surface area contributed by atoms with Gasteiger partial charge in [0, 0.05) is 23.7 Å². The Kier molecular flexibility index (Phi) is 7.82. The number of imidazole rings is 1. The molecule has 0 atom stereocenters. The summed E-state index contributed by atoms with van der Waals surface area (Å²) >= 11 is 1.44. The van der Waals surface area contributed by atoms with Crippen LogP contribution in [0.5, 0.6) is 0 Å². The van der Waals surface area contributed by atoms with E-state index >= 15 is 0 Å². The van der Waals surface area contributed by atoms with Gasteiger partial charge in [0.1, 0.15) is 5.82 Å². The van der Waals surface area contributed by atoms with Crippen LogP contribution in [0.3, 0.4) is 0 Å². The average Bonchev–Trinajstić information content (AvgIpc) is 3.39. The first kappa shape index (κ1) is 26.0. The van der Waals surface area contributed by atoms with E-state index in [2.05, 4.69) is 20.3 Å². The SMILES string of the molecule is CSc1nccc(-c2[nH]c(C3OCC(C)(CNC(=O)Cc4ccccc4)CO3)nc2-c2ccc(F)cc2)n1. The summed E-state index contributed by atoms with van der Waals surface area (Å²) < 4.78 is 25.7. The molecule has 2 aromatic heterocycles. The molecule has 0 radical (unpaired) electrons. The molecule has 1 fully saturated rings. The molecule has 0 spiro atoms. The third kappa shape index (κ3) is 6.09. The van der Waals surface area contributed by atoms with Gasteiger partial charge in [0.05, 0.1) is 36.7 Å². The van der Waals surface area contributed by atoms with Crippen LogP contribution in [-0.2, 0) is 20.7 Å². The number of carbonyl (C=O) groups excluding carboxylic acids is 1. The summed E-state index contributed by atoms with van der Waals surface area (Å²) in [6, 6.07) is 17.6. The number of benzene rings is 2. The maximum atomic E-state index is 13.6. The molecule has 0 saturated carbocycles. The highest BCUT2D eigenvalue weighted by Gasteiger charge is 2.35. The van der Waals surface area contributed by atoms with Gasteiger partial charge in [-0.25, -0.2) is 19.3 Å². The minimum absolute atomic E-state index is 0.0476. The summed E-state index contributed by atoms with van der Waals surface area (Å²) in [6.45, 7) is 3.17. The van der Waals surface area contributed by atoms with Crippen molar-refractivity contribution in [1.29, 1.82) is 0 Å². The second kappa shape index (κ2) is 11.4. The third-order valence-electron chi connectivity index (χ3n) is 6.22. The Bertz CT molecular complexity index is 1390. The Morgan fingerprint density at radius 2 is 1.84 bits per heavy atom. The van der Waals surface area contributed by atoms with Gasteiger partial charge in [-0.05, 0) is 42.2 Å². The second-order valence-corrected chi connectivity index (χ2v) is 10.3. The number of hydrogen-bond donors (Lipinski definition) is 2. The van der Waals surface area contributed by atoms with Gasteiger partial charge in [0.25, 0.3) is 0 Å². The zero-order valence-corrected chi connectivity index (χ0v) is 21.9. The van der Waals surface area contributed by atoms with E-state index in [4.69, 9.17) is 14.5 Å². The largest absolute Gasteiger partial charge is 0.355 e. The Morgan fingerprint density at radius 3 is 2.55 bits per heavy atom. The van der Waals surface area contributed by atoms with Crippen LogP contribution in [0.2, 0.25) is 0 Å². The molecule has 1 saturated heterocycles. The molecule has 1 amide bonds. The fraction of sp³-hybridized carbons (Fsp3) is 0.286. The van der Waals surface area contributed by atoms with E-state index in [0.29, 0.717) is 54.2 Å². The van der Waals surface area contributed by atoms with E-state index in [-0.39, 0.29) is 11.7 Å². The zero-order valence-electron chi connectivity index (χ0n) is 21.1. The number of rotatable bonds is 8. The fourth-order valence-electron chi connectivity index (χ4n) is 4.14. The Hall–Kier alpha value is -3.60. The molecular formula is C28H28FN5O3S. The zero-order chi connectivity index (χ0) is 26.5. The summed E-state index contributed by atoms with van der Waals surface area (Å²) in [7, 11) is 0. The van der Waals surface area contributed by atoms with Gasteiger partial charge in [0.15, 0.2) is 11.0 Å². The molecule has 0 aliphatic carbocycles. The fourth-order valence-corrected chi connectivity index (χ4v) is 4.50. The minimum atomic E-state index is -0.724. The molecule has 3 heterocycles. The smallest absolute Gasteiger partial charge is 0.224 e. The van der Waals surface area contributed by atoms with E-state index in [9.17, 15) is 9.18 Å². The van der Waals surface area contributed by atoms with E-state index in [0.717, 1.165) is 11.1 Å². The molecule has 8 nitrogen and oxygen atoms in total. The first-order valence-electron chi connectivity index (χ1n) is 12.2. The van der Waals surface area contributed by atoms with E-state index in [1.807, 2.05) is 43.5 Å². The predicted octanol–water partition coefficient (Wildman–Crippen LogP) is 4.81. The van der Waals surface area contributed by atoms with Crippen LogP contribution in [-0.4, -0.2) is 51.9 Å². The number of carbonyl (C=O) groups is 1. The van der Waals surface area contributed by atoms with Crippen molar-refractivity contribution in [3.63, 3.8) is 0 Å². The highest BCUT2D eigenvalue weighted by Crippen LogP contribution is 2.35. The number of amides is 1. The standard InChI is InChI=1S/C28H28FN5O3S/c1-28(15-31-22(35)14-18-6-4-3-5-7-18)16-36-26(37-17-28)25-33-23(19-8-10-20(29)11-9-19)24(34-25)21-12-13-30-27(32-21)38-2/h3-13,26H,14-17H2,1-2H3,(H,31,35)(H,33,34). The second-order valence-electron chi connectivity index (χ2n) is 9.48. The van der Waals surface area contributed by atoms with Crippen LogP contribution in [0.1, 0.15) is 24.6 Å². The van der Waals surface area contributed by atoms with E-state index in [1.165, 1.54) is 23.9 Å². The van der Waals surface area contributed by atoms with Crippen molar-refractivity contribution in [3.8, 4) is 22.6 Å². The first-order chi connectivity index (χ1) is 18.4. The van der Waals surface area contributed by atoms with Crippen LogP contribution in [0, 0.1) is 11.2 Å². The third-order valence-corrected chi connectivity index (χ3v) is 6.78. The maximum absolute atomic E-state index is 13.6. The maximum Gasteiger partial charge on any atom is 0.224 e. The number of halogens is 1. The van der Waals surface area contributed by atoms with Crippen molar-refractivity contribution in [2.24, 2.45) is 5.41 Å². The average molecular weight is 534 g/mol. The lowest BCUT2D eigenvalue weighted by Crippen LogP contribution is -2.45. The molecule has 2 aromatic carbocycles. The predicted molar refractivity (Wildman–Crippen MR) is 143 cm³/mol. The minimum Gasteiger partial charge on any atom is -0.355 e. The van der Waals surface area contributed by atoms with Gasteiger partial charge in [-0.2, -0.15) is 0 Å². The van der Waals surface area contributed by atoms with Gasteiger partial charge < -0.3 is 19.8 Å². The summed E-state index contributed by atoms with van der Waals surface area (Å²) in [5.74, 6) is 0.110. The van der Waals surface area contributed by atoms with Gasteiger partial charge in [0.2, 0.25) is 12.2 Å². The van der Waals surface area contributed by atoms with Crippen molar-refractivity contribution in [1.82, 2.24) is 25.3 Å². The highest BCUT2D eigenvalue weighted by molar-refractivity contribution is 7.98. The number of aromatic amines is 1. The normalized spacial score (nSPS) is 19.3. The topological polar surface area (TPSA) is 102 Å². The molecule has 196 valence electrons. The van der Waals surface area contributed by atoms with Gasteiger partial charge in [-0.3, -0.25) is 4.79 Å². The number of ether oxygens (including phenoxy) is 2. The summed E-state index contributed by atoms with van der Waals surface area (Å²) in [5, 5.41) is 3.62. The number of nitrogens with zero attached hydrogens (tertiary/aromatic N) is 3. The van der Waals surface area contributed by atoms with Crippen LogP contribution in [0.25, 0.3) is 22.6 Å². The lowest BCUT2D eigenvalue weighted by atomic mass is 9.92. The number of thioether (sulfide) groups is 1. The van der Waals surface area contributed by atoms with Crippen molar-refractivity contribution < 1.29 is 18.7 Å². The molecule has 10 heteroatoms. The molecule has 0 unspecified atom stereocenters. The van der Waals surface area contributed by atoms with Gasteiger partial charge >= 0.3 is 0 Å². The van der Waals surface area contributed by atoms with Crippen LogP contribution in [0.4, 0.5) is 4.39 Å². The molecule has 5 rings (SSSR count). The number of aromatic nitrogens is 4. The molecule has 2 N–H and O–H groups in total. The van der Waals surface area contributed by atoms with Crippen molar-refractivity contribution in [2.45, 2.75) is 24.8 Å². The molecule has 4 aromatic rings. The molecule has 0 bridgehead atoms. The Labute approximate surface area is 224 Å². The van der Waals surface area contributed by atoms with E-state index < -0.39 is 11.7 Å². The number of H-pyrrole nitrogens is 1. The van der Waals surface area contributed by atoms with Crippen LogP contribution >= 0.6 is 11.8 Å². The highest BCUT2D eigenvalue weighted by atomic mass is 32.2. The number of nitrogens with one attached hydrogen (secondary N) is 2. The lowest BCUT2D eigenvalue weighted by molar-refractivity contribution is -0.232. The van der Waals surface area contributed by atoms with Crippen LogP contribution in [0.15, 0.2) is 72.0 Å². The molecule has 1 aliphatic heterocycles. The summed E-state index contributed by atoms with van der Waals surface area (Å²) in [5.41, 5.74) is 3.24. The van der Waals surface area contributed by atoms with Crippen molar-refractivity contribution in [2.75, 3.05) is 26.0 Å². The van der Waals surface area contributed by atoms with Gasteiger partial charge in [-0.1, -0.05) is 49.0 Å². The lowest BCUT2D eigenvalue weighted by Gasteiger charge is -2.36. The van der Waals surface area contributed by atoms with Gasteiger partial charge in [-0.15, -0.1) is 0 Å². The first-order valence-corrected chi connectivity index (χ1v) is 13.4. The summed E-state index contributed by atoms with van der Waals surface area (Å²) in [4.78, 5) is 29.4. The van der Waals surface area contributed by atoms with Crippen molar-refractivity contribution in [3.05, 3.63) is 84.1 Å². The Balaban J connectivity index is 1.30. The molecule has 1 aliphatic rings. The molecule has 38 heavy (non-hydrogen) atoms.